The van der Waals surface area contributed by atoms with Gasteiger partial charge < -0.3 is 18.1 Å². The second kappa shape index (κ2) is 31.9. The summed E-state index contributed by atoms with van der Waals surface area (Å²) < 4.78 is 16.5. The molecule has 4 aliphatic rings. The normalized spacial score (nSPS) is 14.0. The molecule has 0 saturated heterocycles. The molecule has 143 heavy (non-hydrogen) atoms. The Morgan fingerprint density at radius 1 is 0.252 bits per heavy atom. The third kappa shape index (κ3) is 12.7. The lowest BCUT2D eigenvalue weighted by atomic mass is 9.81. The summed E-state index contributed by atoms with van der Waals surface area (Å²) in [5.41, 5.74) is 34.2. The Balaban J connectivity index is 0.000000105. The van der Waals surface area contributed by atoms with Crippen molar-refractivity contribution in [3.63, 3.8) is 0 Å². The first-order chi connectivity index (χ1) is 70.0. The zero-order chi connectivity index (χ0) is 95.6. The molecule has 0 bridgehead atoms. The van der Waals surface area contributed by atoms with E-state index in [1.165, 1.54) is 145 Å². The van der Waals surface area contributed by atoms with E-state index in [0.717, 1.165) is 135 Å². The number of para-hydroxylation sites is 4. The predicted molar refractivity (Wildman–Crippen MR) is 606 cm³/mol. The molecule has 0 radical (unpaired) electrons. The number of thiophene rings is 1. The van der Waals surface area contributed by atoms with Crippen LogP contribution in [0.5, 0.6) is 0 Å². The molecule has 0 amide bonds. The molecule has 0 atom stereocenters. The third-order valence-electron chi connectivity index (χ3n) is 31.1. The molecule has 18 aromatic carbocycles. The van der Waals surface area contributed by atoms with Crippen LogP contribution < -0.4 is 31.1 Å². The van der Waals surface area contributed by atoms with E-state index in [2.05, 4.69) is 473 Å². The minimum Gasteiger partial charge on any atom is -0.454 e. The Bertz CT molecular complexity index is 9500. The second-order valence-corrected chi connectivity index (χ2v) is 54.5. The van der Waals surface area contributed by atoms with Crippen molar-refractivity contribution in [1.29, 1.82) is 0 Å². The largest absolute Gasteiger partial charge is 0.454 e. The first kappa shape index (κ1) is 84.3. The average molecular weight is 1900 g/mol. The van der Waals surface area contributed by atoms with Gasteiger partial charge in [-0.1, -0.05) is 387 Å². The van der Waals surface area contributed by atoms with Crippen LogP contribution in [0.1, 0.15) is 25.0 Å². The minimum absolute atomic E-state index is 0.128. The van der Waals surface area contributed by atoms with Crippen LogP contribution in [-0.2, 0) is 5.41 Å². The van der Waals surface area contributed by atoms with Crippen molar-refractivity contribution in [3.05, 3.63) is 430 Å². The van der Waals surface area contributed by atoms with Crippen molar-refractivity contribution in [3.8, 4) is 130 Å². The van der Waals surface area contributed by atoms with Gasteiger partial charge in [-0.25, -0.2) is 29.9 Å². The highest BCUT2D eigenvalue weighted by atomic mass is 32.1. The topological polar surface area (TPSA) is 105 Å². The van der Waals surface area contributed by atoms with Crippen LogP contribution in [0.25, 0.3) is 237 Å². The molecule has 10 nitrogen and oxygen atoms in total. The van der Waals surface area contributed by atoms with Crippen molar-refractivity contribution in [1.82, 2.24) is 43.6 Å². The van der Waals surface area contributed by atoms with E-state index in [1.807, 2.05) is 23.5 Å². The smallest absolute Gasteiger partial charge is 0.160 e. The van der Waals surface area contributed by atoms with Crippen LogP contribution in [-0.4, -0.2) is 67.8 Å². The highest BCUT2D eigenvalue weighted by molar-refractivity contribution is 7.26. The van der Waals surface area contributed by atoms with E-state index < -0.39 is 24.2 Å². The maximum Gasteiger partial charge on any atom is 0.160 e. The summed E-state index contributed by atoms with van der Waals surface area (Å²) in [6.45, 7) is 19.3. The zero-order valence-corrected chi connectivity index (χ0v) is 84.0. The highest BCUT2D eigenvalue weighted by Crippen LogP contribution is 2.54. The molecular formula is C129H93N9OSSi3. The Morgan fingerprint density at radius 3 is 1.12 bits per heavy atom. The van der Waals surface area contributed by atoms with Gasteiger partial charge in [-0.2, -0.15) is 0 Å². The van der Waals surface area contributed by atoms with Crippen molar-refractivity contribution < 1.29 is 4.42 Å². The summed E-state index contributed by atoms with van der Waals surface area (Å²) in [6, 6.07) is 151. The van der Waals surface area contributed by atoms with E-state index in [9.17, 15) is 0 Å². The average Bonchev–Trinajstić information content (AvgIpc) is 1.53. The van der Waals surface area contributed by atoms with Gasteiger partial charge in [-0.3, -0.25) is 0 Å². The molecule has 1 aliphatic carbocycles. The van der Waals surface area contributed by atoms with Gasteiger partial charge >= 0.3 is 0 Å². The fourth-order valence-electron chi connectivity index (χ4n) is 24.6. The molecule has 8 aromatic heterocycles. The number of fused-ring (bicyclic) bond motifs is 30. The molecule has 14 heteroatoms. The fourth-order valence-corrected chi connectivity index (χ4v) is 35.5. The summed E-state index contributed by atoms with van der Waals surface area (Å²) in [7, 11) is -6.05. The van der Waals surface area contributed by atoms with E-state index >= 15 is 0 Å². The summed E-state index contributed by atoms with van der Waals surface area (Å²) in [6.07, 6.45) is 0. The van der Waals surface area contributed by atoms with Crippen molar-refractivity contribution >= 4 is 174 Å². The molecule has 3 aliphatic heterocycles. The van der Waals surface area contributed by atoms with Crippen molar-refractivity contribution in [2.24, 2.45) is 0 Å². The number of hydrogen-bond acceptors (Lipinski definition) is 8. The monoisotopic (exact) mass is 1900 g/mol. The maximum atomic E-state index is 6.60. The number of rotatable bonds is 9. The zero-order valence-electron chi connectivity index (χ0n) is 80.2. The fraction of sp³-hybridized carbons (Fsp3) is 0.0698. The molecular weight excluding hydrogens is 1810 g/mol. The molecule has 0 unspecified atom stereocenters. The Kier molecular flexibility index (Phi) is 18.8. The van der Waals surface area contributed by atoms with Gasteiger partial charge in [0.25, 0.3) is 0 Å². The van der Waals surface area contributed by atoms with Gasteiger partial charge in [-0.05, 0) is 155 Å². The molecule has 0 N–H and O–H groups in total. The van der Waals surface area contributed by atoms with Crippen LogP contribution in [0.3, 0.4) is 0 Å². The lowest BCUT2D eigenvalue weighted by Gasteiger charge is -2.23. The van der Waals surface area contributed by atoms with Crippen LogP contribution in [0, 0.1) is 0 Å². The first-order valence-electron chi connectivity index (χ1n) is 49.4. The molecule has 0 fully saturated rings. The number of hydrogen-bond donors (Lipinski definition) is 0. The van der Waals surface area contributed by atoms with Gasteiger partial charge in [-0.15, -0.1) is 11.3 Å². The molecule has 11 heterocycles. The van der Waals surface area contributed by atoms with E-state index in [1.54, 1.807) is 0 Å². The standard InChI is InChI=1S/C45H35N3Si.C42H29N3OSi.C42H29N3SSi/c1-45(2)36-19-11-8-16-31(36)33-26-27-34-32-17-9-12-20-37(32)48(42(34)39(33)45)30-24-22-29(23-25-30)44-46-40(28-14-6-5-7-15-28)43-41(47-44)35-18-10-13-21-38(35)49(43,3)4;2*1-47(2)36-22-11-8-19-33(36)38-41(47)37(26-13-4-3-5-14-26)43-42(44-38)27-15-12-16-28(25-27)45-34-20-9-6-17-29(34)31-23-24-32-30-18-7-10-21-35(30)46-40(32)39(31)45/h5-27H,1-4H3;2*3-25H,1-2H3. The molecule has 0 saturated carbocycles. The summed E-state index contributed by atoms with van der Waals surface area (Å²) in [5, 5.41) is 20.6. The minimum atomic E-state index is -2.03. The van der Waals surface area contributed by atoms with Gasteiger partial charge in [0.05, 0.1) is 72.0 Å². The molecule has 0 spiro atoms. The van der Waals surface area contributed by atoms with Crippen LogP contribution >= 0.6 is 11.3 Å². The van der Waals surface area contributed by atoms with E-state index in [4.69, 9.17) is 34.3 Å². The number of furan rings is 1. The molecule has 30 rings (SSSR count). The van der Waals surface area contributed by atoms with E-state index in [0.29, 0.717) is 0 Å². The number of nitrogens with zero attached hydrogens (tertiary/aromatic N) is 9. The van der Waals surface area contributed by atoms with Crippen LogP contribution in [0.4, 0.5) is 0 Å². The Hall–Kier alpha value is -16.7. The SMILES string of the molecule is CC1(C)c2ccccc2-c2ccc3c4ccccc4n(-c4ccc(-c5nc(-c6ccccc6)c6c(n5)-c5ccccc5[Si]6(C)C)cc4)c3c21.C[Si]1(C)c2ccccc2-c2nc(-c3cccc(-n4c5ccccc5c5ccc6c7ccccc7oc6c54)c3)nc(-c3ccccc3)c21.C[Si]1(C)c2ccccc2-c2nc(-c3cccc(-n4c5ccccc5c5ccc6c7ccccc7sc6c54)c3)nc(-c3ccccc3)c21. The Morgan fingerprint density at radius 2 is 0.615 bits per heavy atom. The van der Waals surface area contributed by atoms with Crippen LogP contribution in [0.15, 0.2) is 423 Å². The van der Waals surface area contributed by atoms with Gasteiger partial charge in [0.2, 0.25) is 0 Å². The van der Waals surface area contributed by atoms with Gasteiger partial charge in [0.1, 0.15) is 29.8 Å². The van der Waals surface area contributed by atoms with Crippen LogP contribution in [0.2, 0.25) is 39.3 Å². The first-order valence-corrected chi connectivity index (χ1v) is 59.2. The quantitative estimate of drug-likeness (QED) is 0.133. The molecule has 678 valence electrons. The predicted octanol–water partition coefficient (Wildman–Crippen LogP) is 29.7. The molecule has 26 aromatic rings. The van der Waals surface area contributed by atoms with Gasteiger partial charge in [0, 0.05) is 114 Å². The lowest BCUT2D eigenvalue weighted by Crippen LogP contribution is -2.50. The maximum absolute atomic E-state index is 6.60. The van der Waals surface area contributed by atoms with E-state index in [-0.39, 0.29) is 5.41 Å². The lowest BCUT2D eigenvalue weighted by molar-refractivity contribution is 0.664. The highest BCUT2D eigenvalue weighted by Gasteiger charge is 2.46. The third-order valence-corrected chi connectivity index (χ3v) is 42.8. The number of aromatic nitrogens is 9. The summed E-state index contributed by atoms with van der Waals surface area (Å²) in [4.78, 5) is 32.3. The summed E-state index contributed by atoms with van der Waals surface area (Å²) in [5.74, 6) is 2.27. The Labute approximate surface area is 834 Å². The number of benzene rings is 18. The van der Waals surface area contributed by atoms with Gasteiger partial charge in [0.15, 0.2) is 23.1 Å². The summed E-state index contributed by atoms with van der Waals surface area (Å²) >= 11 is 1.88. The van der Waals surface area contributed by atoms with Crippen molar-refractivity contribution in [2.75, 3.05) is 0 Å². The second-order valence-electron chi connectivity index (χ2n) is 40.6. The van der Waals surface area contributed by atoms with Crippen molar-refractivity contribution in [2.45, 2.75) is 58.5 Å².